The summed E-state index contributed by atoms with van der Waals surface area (Å²) in [5, 5.41) is 0. The van der Waals surface area contributed by atoms with Crippen molar-refractivity contribution in [3.8, 4) is 0 Å². The molecule has 0 heterocycles. The largest absolute Gasteiger partial charge is 0.292 e. The van der Waals surface area contributed by atoms with E-state index < -0.39 is 19.9 Å². The number of rotatable bonds is 0. The molecule has 0 radical (unpaired) electrons. The van der Waals surface area contributed by atoms with E-state index in [0.29, 0.717) is 0 Å². The van der Waals surface area contributed by atoms with Gasteiger partial charge in [-0.05, 0) is 4.39 Å². The van der Waals surface area contributed by atoms with Crippen LogP contribution in [0, 0.1) is 6.17 Å². The predicted molar refractivity (Wildman–Crippen MR) is 15.7 cm³/mol. The molecule has 0 aliphatic heterocycles. The molecule has 4 heavy (non-hydrogen) atoms. The van der Waals surface area contributed by atoms with E-state index in [-0.39, 0.29) is 0 Å². The average molecular weight is 67.1 g/mol. The van der Waals surface area contributed by atoms with Crippen molar-refractivity contribution >= 4 is 0 Å². The fourth-order valence-electron chi connectivity index (χ4n) is 0. The Bertz CT molecular complexity index is 97.1. The number of halogens is 1. The van der Waals surface area contributed by atoms with Gasteiger partial charge in [0.2, 0.25) is 0 Å². The van der Waals surface area contributed by atoms with Crippen LogP contribution >= 0.6 is 0 Å². The van der Waals surface area contributed by atoms with Crippen LogP contribution in [0.5, 0.6) is 0 Å². The molecule has 0 unspecified atom stereocenters. The first kappa shape index (κ1) is 0.385. The normalized spacial score (nSPS) is 35.2. The van der Waals surface area contributed by atoms with Gasteiger partial charge in [-0.25, -0.2) is 0 Å². The van der Waals surface area contributed by atoms with Crippen molar-refractivity contribution in [3.63, 3.8) is 0 Å². The second-order valence-electron chi connectivity index (χ2n) is 0.314. The zero-order chi connectivity index (χ0) is 8.58. The highest BCUT2D eigenvalue weighted by molar-refractivity contribution is 4.53. The third-order valence-electron chi connectivity index (χ3n) is 0. The lowest BCUT2D eigenvalue weighted by Crippen LogP contribution is -1.58. The Morgan fingerprint density at radius 2 is 2.50 bits per heavy atom. The lowest BCUT2D eigenvalue weighted by Gasteiger charge is -1.55. The van der Waals surface area contributed by atoms with Gasteiger partial charge in [-0.3, -0.25) is 0 Å². The zero-order valence-electron chi connectivity index (χ0n) is 7.88. The molecule has 0 aromatic heterocycles. The quantitative estimate of drug-likeness (QED) is 0.377. The molecule has 0 aromatic carbocycles. The molecular formula is C3H6F+. The fraction of sp³-hybridized carbons (Fsp3) is 0.667. The van der Waals surface area contributed by atoms with E-state index in [1.807, 2.05) is 0 Å². The minimum absolute atomic E-state index is 1.93. The average Bonchev–Trinajstić information content (AvgIpc) is 1.59. The summed E-state index contributed by atoms with van der Waals surface area (Å²) in [5.74, 6) is 0. The summed E-state index contributed by atoms with van der Waals surface area (Å²) >= 11 is 0. The molecule has 0 rings (SSSR count). The van der Waals surface area contributed by atoms with Crippen LogP contribution in [0.25, 0.3) is 0 Å². The van der Waals surface area contributed by atoms with Crippen molar-refractivity contribution in [2.75, 3.05) is 0 Å². The molecule has 0 aliphatic rings. The summed E-state index contributed by atoms with van der Waals surface area (Å²) < 4.78 is 50.3. The molecule has 0 saturated heterocycles. The van der Waals surface area contributed by atoms with E-state index in [2.05, 4.69) is 0 Å². The van der Waals surface area contributed by atoms with Crippen molar-refractivity contribution in [1.29, 1.82) is 0 Å². The lowest BCUT2D eigenvalue weighted by molar-refractivity contribution is 0.524. The smallest absolute Gasteiger partial charge is 0.00913 e. The lowest BCUT2D eigenvalue weighted by atomic mass is 10.5. The number of hydrogen-bond acceptors (Lipinski definition) is 0. The molecule has 0 atom stereocenters. The van der Waals surface area contributed by atoms with Crippen molar-refractivity contribution in [2.45, 2.75) is 13.7 Å². The van der Waals surface area contributed by atoms with E-state index in [1.54, 1.807) is 0 Å². The minimum Gasteiger partial charge on any atom is -0.00913 e. The number of hydrogen-bond donors (Lipinski definition) is 0. The maximum absolute atomic E-state index is 12.2. The summed E-state index contributed by atoms with van der Waals surface area (Å²) in [6.45, 7) is -6.24. The molecule has 0 bridgehead atoms. The Morgan fingerprint density at radius 1 is 2.00 bits per heavy atom. The van der Waals surface area contributed by atoms with Crippen LogP contribution in [0.4, 0.5) is 4.39 Å². The maximum atomic E-state index is 12.2. The van der Waals surface area contributed by atoms with Gasteiger partial charge >= 0.3 is 0 Å². The molecule has 0 aromatic rings. The van der Waals surface area contributed by atoms with Crippen molar-refractivity contribution < 1.29 is 12.6 Å². The Hall–Kier alpha value is -0.200. The molecule has 0 fully saturated rings. The standard InChI is InChI=1S/C3H6F/c1-3(2)4/h1-2H3/q+1/i1D3,2D3. The first-order chi connectivity index (χ1) is 4.15. The Balaban J connectivity index is 4.23. The maximum Gasteiger partial charge on any atom is 0.292 e. The van der Waals surface area contributed by atoms with Gasteiger partial charge in [-0.1, -0.05) is 0 Å². The van der Waals surface area contributed by atoms with Gasteiger partial charge in [0, 0.05) is 0 Å². The van der Waals surface area contributed by atoms with Crippen LogP contribution < -0.4 is 0 Å². The molecule has 0 amide bonds. The van der Waals surface area contributed by atoms with Crippen molar-refractivity contribution in [2.24, 2.45) is 0 Å². The van der Waals surface area contributed by atoms with Crippen LogP contribution in [0.2, 0.25) is 0 Å². The topological polar surface area (TPSA) is 0 Å². The summed E-state index contributed by atoms with van der Waals surface area (Å²) in [5.41, 5.74) is 0. The van der Waals surface area contributed by atoms with Crippen LogP contribution in [0.15, 0.2) is 0 Å². The monoisotopic (exact) mass is 67.1 g/mol. The van der Waals surface area contributed by atoms with E-state index >= 15 is 0 Å². The summed E-state index contributed by atoms with van der Waals surface area (Å²) in [4.78, 5) is 0. The van der Waals surface area contributed by atoms with Crippen molar-refractivity contribution in [3.05, 3.63) is 6.17 Å². The fourth-order valence-corrected chi connectivity index (χ4v) is 0. The first-order valence-corrected chi connectivity index (χ1v) is 0.689. The van der Waals surface area contributed by atoms with Gasteiger partial charge < -0.3 is 0 Å². The molecule has 0 spiro atoms. The van der Waals surface area contributed by atoms with Gasteiger partial charge in [0.05, 0.1) is 8.22 Å². The van der Waals surface area contributed by atoms with E-state index in [9.17, 15) is 4.39 Å². The molecule has 1 heteroatoms. The minimum atomic E-state index is -3.12. The summed E-state index contributed by atoms with van der Waals surface area (Å²) in [6, 6.07) is 0. The van der Waals surface area contributed by atoms with Gasteiger partial charge in [-0.2, -0.15) is 0 Å². The van der Waals surface area contributed by atoms with Crippen LogP contribution in [-0.2, 0) is 0 Å². The van der Waals surface area contributed by atoms with Gasteiger partial charge in [0.1, 0.15) is 13.7 Å². The van der Waals surface area contributed by atoms with Crippen molar-refractivity contribution in [1.82, 2.24) is 0 Å². The Kier molecular flexibility index (Phi) is 0.111. The second-order valence-corrected chi connectivity index (χ2v) is 0.314. The molecule has 0 N–H and O–H groups in total. The molecule has 24 valence electrons. The highest BCUT2D eigenvalue weighted by Gasteiger charge is 1.92. The van der Waals surface area contributed by atoms with Crippen LogP contribution in [0.1, 0.15) is 21.9 Å². The van der Waals surface area contributed by atoms with E-state index in [4.69, 9.17) is 8.22 Å². The highest BCUT2D eigenvalue weighted by Crippen LogP contribution is 1.90. The molecule has 0 saturated carbocycles. The summed E-state index contributed by atoms with van der Waals surface area (Å²) in [6.07, 6.45) is -1.93. The SMILES string of the molecule is [2H]C([2H])([2H])[C+](F)C([2H])([2H])[2H]. The predicted octanol–water partition coefficient (Wildman–Crippen LogP) is 1.53. The van der Waals surface area contributed by atoms with Gasteiger partial charge in [0.15, 0.2) is 0 Å². The molecular weight excluding hydrogens is 55.0 g/mol. The van der Waals surface area contributed by atoms with Crippen LogP contribution in [-0.4, -0.2) is 0 Å². The Labute approximate surface area is 34.1 Å². The van der Waals surface area contributed by atoms with E-state index in [1.165, 1.54) is 0 Å². The molecule has 0 nitrogen and oxygen atoms in total. The first-order valence-electron chi connectivity index (χ1n) is 3.69. The third-order valence-corrected chi connectivity index (χ3v) is 0. The molecule has 0 aliphatic carbocycles. The summed E-state index contributed by atoms with van der Waals surface area (Å²) in [7, 11) is 0. The van der Waals surface area contributed by atoms with Crippen LogP contribution in [0.3, 0.4) is 0 Å². The zero-order valence-corrected chi connectivity index (χ0v) is 1.88. The second kappa shape index (κ2) is 1.16. The van der Waals surface area contributed by atoms with Gasteiger partial charge in [-0.15, -0.1) is 0 Å². The Morgan fingerprint density at radius 3 is 2.50 bits per heavy atom. The third kappa shape index (κ3) is 28.8. The van der Waals surface area contributed by atoms with E-state index in [0.717, 1.165) is 0 Å². The van der Waals surface area contributed by atoms with Gasteiger partial charge in [0.25, 0.3) is 6.17 Å². The highest BCUT2D eigenvalue weighted by atomic mass is 19.1.